The van der Waals surface area contributed by atoms with Crippen LogP contribution >= 0.6 is 0 Å². The van der Waals surface area contributed by atoms with Crippen molar-refractivity contribution in [2.75, 3.05) is 11.9 Å². The SMILES string of the molecule is CCc1cc(CNC2CC2)cc(N(C)C(C)CC)n1. The molecule has 1 saturated carbocycles. The average molecular weight is 261 g/mol. The summed E-state index contributed by atoms with van der Waals surface area (Å²) in [6.45, 7) is 7.62. The van der Waals surface area contributed by atoms with Gasteiger partial charge in [-0.2, -0.15) is 0 Å². The first kappa shape index (κ1) is 14.3. The van der Waals surface area contributed by atoms with Gasteiger partial charge in [0.2, 0.25) is 0 Å². The average Bonchev–Trinajstić information content (AvgIpc) is 3.27. The van der Waals surface area contributed by atoms with Gasteiger partial charge in [0, 0.05) is 31.4 Å². The van der Waals surface area contributed by atoms with Crippen molar-refractivity contribution in [2.24, 2.45) is 0 Å². The van der Waals surface area contributed by atoms with E-state index in [0.717, 1.165) is 31.2 Å². The van der Waals surface area contributed by atoms with E-state index in [-0.39, 0.29) is 0 Å². The van der Waals surface area contributed by atoms with Gasteiger partial charge in [0.1, 0.15) is 5.82 Å². The minimum atomic E-state index is 0.531. The molecule has 0 spiro atoms. The highest BCUT2D eigenvalue weighted by Crippen LogP contribution is 2.21. The van der Waals surface area contributed by atoms with E-state index < -0.39 is 0 Å². The van der Waals surface area contributed by atoms with Crippen LogP contribution in [0.1, 0.15) is 51.3 Å². The molecule has 0 radical (unpaired) electrons. The summed E-state index contributed by atoms with van der Waals surface area (Å²) < 4.78 is 0. The fraction of sp³-hybridized carbons (Fsp3) is 0.688. The number of nitrogens with zero attached hydrogens (tertiary/aromatic N) is 2. The van der Waals surface area contributed by atoms with Gasteiger partial charge in [-0.1, -0.05) is 13.8 Å². The summed E-state index contributed by atoms with van der Waals surface area (Å²) >= 11 is 0. The lowest BCUT2D eigenvalue weighted by atomic mass is 10.1. The fourth-order valence-electron chi connectivity index (χ4n) is 2.15. The Kier molecular flexibility index (Phi) is 4.81. The Labute approximate surface area is 117 Å². The Bertz CT molecular complexity index is 412. The maximum atomic E-state index is 4.76. The van der Waals surface area contributed by atoms with Crippen LogP contribution in [0, 0.1) is 0 Å². The molecule has 1 aromatic heterocycles. The first-order valence-corrected chi connectivity index (χ1v) is 7.60. The molecule has 3 heteroatoms. The Hall–Kier alpha value is -1.09. The maximum Gasteiger partial charge on any atom is 0.129 e. The lowest BCUT2D eigenvalue weighted by Crippen LogP contribution is -2.29. The summed E-state index contributed by atoms with van der Waals surface area (Å²) in [6, 6.07) is 5.77. The number of hydrogen-bond donors (Lipinski definition) is 1. The molecular formula is C16H27N3. The topological polar surface area (TPSA) is 28.2 Å². The summed E-state index contributed by atoms with van der Waals surface area (Å²) in [6.07, 6.45) is 4.82. The van der Waals surface area contributed by atoms with E-state index in [1.807, 2.05) is 0 Å². The first-order valence-electron chi connectivity index (χ1n) is 7.60. The Morgan fingerprint density at radius 1 is 1.37 bits per heavy atom. The molecule has 1 aromatic rings. The van der Waals surface area contributed by atoms with Crippen LogP contribution in [-0.2, 0) is 13.0 Å². The zero-order valence-corrected chi connectivity index (χ0v) is 12.7. The highest BCUT2D eigenvalue weighted by Gasteiger charge is 2.20. The Balaban J connectivity index is 2.13. The number of anilines is 1. The Morgan fingerprint density at radius 2 is 2.11 bits per heavy atom. The van der Waals surface area contributed by atoms with Crippen molar-refractivity contribution in [3.63, 3.8) is 0 Å². The van der Waals surface area contributed by atoms with Gasteiger partial charge in [-0.05, 0) is 50.3 Å². The molecule has 1 fully saturated rings. The highest BCUT2D eigenvalue weighted by atomic mass is 15.2. The molecular weight excluding hydrogens is 234 g/mol. The zero-order chi connectivity index (χ0) is 13.8. The second kappa shape index (κ2) is 6.38. The van der Waals surface area contributed by atoms with Crippen molar-refractivity contribution >= 4 is 5.82 Å². The van der Waals surface area contributed by atoms with Gasteiger partial charge in [0.25, 0.3) is 0 Å². The minimum absolute atomic E-state index is 0.531. The third-order valence-electron chi connectivity index (χ3n) is 4.07. The number of hydrogen-bond acceptors (Lipinski definition) is 3. The second-order valence-corrected chi connectivity index (χ2v) is 5.70. The molecule has 1 unspecified atom stereocenters. The molecule has 1 aliphatic rings. The van der Waals surface area contributed by atoms with E-state index in [1.165, 1.54) is 24.1 Å². The molecule has 3 nitrogen and oxygen atoms in total. The van der Waals surface area contributed by atoms with Gasteiger partial charge in [-0.25, -0.2) is 4.98 Å². The van der Waals surface area contributed by atoms with E-state index in [4.69, 9.17) is 4.98 Å². The second-order valence-electron chi connectivity index (χ2n) is 5.70. The number of pyridine rings is 1. The van der Waals surface area contributed by atoms with Crippen LogP contribution < -0.4 is 10.2 Å². The van der Waals surface area contributed by atoms with Gasteiger partial charge >= 0.3 is 0 Å². The van der Waals surface area contributed by atoms with Crippen molar-refractivity contribution in [1.82, 2.24) is 10.3 Å². The predicted molar refractivity (Wildman–Crippen MR) is 81.6 cm³/mol. The highest BCUT2D eigenvalue weighted by molar-refractivity contribution is 5.43. The molecule has 0 saturated heterocycles. The third kappa shape index (κ3) is 3.93. The zero-order valence-electron chi connectivity index (χ0n) is 12.7. The van der Waals surface area contributed by atoms with Gasteiger partial charge < -0.3 is 10.2 Å². The van der Waals surface area contributed by atoms with Gasteiger partial charge in [-0.15, -0.1) is 0 Å². The molecule has 19 heavy (non-hydrogen) atoms. The summed E-state index contributed by atoms with van der Waals surface area (Å²) in [4.78, 5) is 7.05. The van der Waals surface area contributed by atoms with E-state index in [0.29, 0.717) is 6.04 Å². The van der Waals surface area contributed by atoms with Crippen LogP contribution in [0.5, 0.6) is 0 Å². The molecule has 2 rings (SSSR count). The summed E-state index contributed by atoms with van der Waals surface area (Å²) in [5.74, 6) is 1.11. The van der Waals surface area contributed by atoms with Gasteiger partial charge in [0.15, 0.2) is 0 Å². The van der Waals surface area contributed by atoms with Crippen molar-refractivity contribution in [1.29, 1.82) is 0 Å². The monoisotopic (exact) mass is 261 g/mol. The quantitative estimate of drug-likeness (QED) is 0.817. The smallest absolute Gasteiger partial charge is 0.129 e. The Morgan fingerprint density at radius 3 is 2.68 bits per heavy atom. The maximum absolute atomic E-state index is 4.76. The fourth-order valence-corrected chi connectivity index (χ4v) is 2.15. The number of aromatic nitrogens is 1. The molecule has 0 amide bonds. The van der Waals surface area contributed by atoms with Crippen molar-refractivity contribution in [3.05, 3.63) is 23.4 Å². The predicted octanol–water partition coefficient (Wildman–Crippen LogP) is 3.13. The molecule has 0 bridgehead atoms. The summed E-state index contributed by atoms with van der Waals surface area (Å²) in [5.41, 5.74) is 2.56. The lowest BCUT2D eigenvalue weighted by molar-refractivity contribution is 0.651. The number of rotatable bonds is 7. The van der Waals surface area contributed by atoms with Crippen LogP contribution in [0.3, 0.4) is 0 Å². The van der Waals surface area contributed by atoms with E-state index in [2.05, 4.69) is 50.2 Å². The summed E-state index contributed by atoms with van der Waals surface area (Å²) in [7, 11) is 2.15. The van der Waals surface area contributed by atoms with Crippen molar-refractivity contribution in [2.45, 2.75) is 65.1 Å². The van der Waals surface area contributed by atoms with Crippen LogP contribution in [0.2, 0.25) is 0 Å². The number of aryl methyl sites for hydroxylation is 1. The van der Waals surface area contributed by atoms with E-state index in [1.54, 1.807) is 0 Å². The minimum Gasteiger partial charge on any atom is -0.357 e. The van der Waals surface area contributed by atoms with E-state index in [9.17, 15) is 0 Å². The van der Waals surface area contributed by atoms with Crippen molar-refractivity contribution < 1.29 is 0 Å². The number of nitrogens with one attached hydrogen (secondary N) is 1. The van der Waals surface area contributed by atoms with Crippen molar-refractivity contribution in [3.8, 4) is 0 Å². The van der Waals surface area contributed by atoms with Crippen LogP contribution in [0.4, 0.5) is 5.82 Å². The van der Waals surface area contributed by atoms with Gasteiger partial charge in [-0.3, -0.25) is 0 Å². The third-order valence-corrected chi connectivity index (χ3v) is 4.07. The van der Waals surface area contributed by atoms with Crippen LogP contribution in [-0.4, -0.2) is 24.1 Å². The molecule has 0 aromatic carbocycles. The molecule has 1 atom stereocenters. The normalized spacial score (nSPS) is 16.4. The van der Waals surface area contributed by atoms with Gasteiger partial charge in [0.05, 0.1) is 0 Å². The molecule has 1 heterocycles. The molecule has 0 aliphatic heterocycles. The largest absolute Gasteiger partial charge is 0.357 e. The van der Waals surface area contributed by atoms with Crippen LogP contribution in [0.15, 0.2) is 12.1 Å². The van der Waals surface area contributed by atoms with Crippen LogP contribution in [0.25, 0.3) is 0 Å². The lowest BCUT2D eigenvalue weighted by Gasteiger charge is -2.26. The molecule has 1 N–H and O–H groups in total. The summed E-state index contributed by atoms with van der Waals surface area (Å²) in [5, 5.41) is 3.59. The first-order chi connectivity index (χ1) is 9.13. The molecule has 1 aliphatic carbocycles. The molecule has 106 valence electrons. The van der Waals surface area contributed by atoms with E-state index >= 15 is 0 Å². The standard InChI is InChI=1S/C16H27N3/c1-5-12(3)19(4)16-10-13(9-14(6-2)18-16)11-17-15-7-8-15/h9-10,12,15,17H,5-8,11H2,1-4H3.